The van der Waals surface area contributed by atoms with Crippen LogP contribution in [0.2, 0.25) is 5.02 Å². The van der Waals surface area contributed by atoms with Crippen LogP contribution in [0.1, 0.15) is 30.1 Å². The Hall–Kier alpha value is -2.12. The maximum atomic E-state index is 12.2. The molecule has 0 spiro atoms. The van der Waals surface area contributed by atoms with Crippen LogP contribution in [0, 0.1) is 0 Å². The number of ether oxygens (including phenoxy) is 1. The van der Waals surface area contributed by atoms with Crippen LogP contribution in [0.3, 0.4) is 0 Å². The van der Waals surface area contributed by atoms with Gasteiger partial charge in [0.2, 0.25) is 5.91 Å². The lowest BCUT2D eigenvalue weighted by Gasteiger charge is -2.16. The summed E-state index contributed by atoms with van der Waals surface area (Å²) in [6, 6.07) is 3.14. The van der Waals surface area contributed by atoms with Crippen LogP contribution >= 0.6 is 11.6 Å². The molecule has 0 aliphatic heterocycles. The maximum absolute atomic E-state index is 12.2. The molecular weight excluding hydrogens is 326 g/mol. The smallest absolute Gasteiger partial charge is 0.328 e. The Morgan fingerprint density at radius 3 is 2.48 bits per heavy atom. The highest BCUT2D eigenvalue weighted by Crippen LogP contribution is 2.24. The number of rotatable bonds is 8. The predicted octanol–water partition coefficient (Wildman–Crippen LogP) is 1.26. The Kier molecular flexibility index (Phi) is 6.99. The molecule has 0 saturated heterocycles. The summed E-state index contributed by atoms with van der Waals surface area (Å²) in [5.74, 6) is -2.01. The highest BCUT2D eigenvalue weighted by molar-refractivity contribution is 6.31. The number of amides is 1. The van der Waals surface area contributed by atoms with Crippen LogP contribution in [0.25, 0.3) is 0 Å². The minimum absolute atomic E-state index is 0.144. The number of carbonyl (C=O) groups excluding carboxylic acids is 2. The van der Waals surface area contributed by atoms with Crippen molar-refractivity contribution in [1.29, 1.82) is 0 Å². The lowest BCUT2D eigenvalue weighted by atomic mass is 10.0. The number of aliphatic hydroxyl groups is 1. The van der Waals surface area contributed by atoms with Crippen molar-refractivity contribution in [2.75, 3.05) is 7.11 Å². The van der Waals surface area contributed by atoms with Crippen LogP contribution in [0.15, 0.2) is 18.2 Å². The summed E-state index contributed by atoms with van der Waals surface area (Å²) in [7, 11) is 1.41. The number of aliphatic carboxylic acids is 1. The van der Waals surface area contributed by atoms with E-state index in [9.17, 15) is 19.5 Å². The van der Waals surface area contributed by atoms with Gasteiger partial charge in [0.05, 0.1) is 18.8 Å². The molecule has 3 N–H and O–H groups in total. The van der Waals surface area contributed by atoms with Crippen molar-refractivity contribution in [2.45, 2.75) is 31.9 Å². The Labute approximate surface area is 138 Å². The number of ketones is 1. The summed E-state index contributed by atoms with van der Waals surface area (Å²) in [5, 5.41) is 20.7. The first kappa shape index (κ1) is 18.9. The van der Waals surface area contributed by atoms with Gasteiger partial charge in [-0.1, -0.05) is 11.6 Å². The van der Waals surface area contributed by atoms with Gasteiger partial charge in [-0.2, -0.15) is 0 Å². The number of carboxylic acid groups (broad SMARTS) is 1. The number of carboxylic acids is 1. The number of aliphatic hydroxyl groups excluding tert-OH is 1. The molecule has 1 aromatic carbocycles. The van der Waals surface area contributed by atoms with Gasteiger partial charge in [0.15, 0.2) is 11.8 Å². The summed E-state index contributed by atoms with van der Waals surface area (Å²) in [4.78, 5) is 34.8. The van der Waals surface area contributed by atoms with Gasteiger partial charge in [-0.3, -0.25) is 9.59 Å². The highest BCUT2D eigenvalue weighted by Gasteiger charge is 2.25. The van der Waals surface area contributed by atoms with Crippen molar-refractivity contribution in [1.82, 2.24) is 5.32 Å². The van der Waals surface area contributed by atoms with E-state index in [0.717, 1.165) is 0 Å². The Morgan fingerprint density at radius 1 is 1.30 bits per heavy atom. The number of nitrogens with one attached hydrogen (secondary N) is 1. The van der Waals surface area contributed by atoms with E-state index in [1.165, 1.54) is 20.1 Å². The molecule has 0 aliphatic carbocycles. The molecule has 23 heavy (non-hydrogen) atoms. The fraction of sp³-hybridized carbons (Fsp3) is 0.400. The largest absolute Gasteiger partial charge is 0.496 e. The van der Waals surface area contributed by atoms with Gasteiger partial charge < -0.3 is 20.3 Å². The molecule has 0 fully saturated rings. The molecule has 1 amide bonds. The molecule has 0 saturated carbocycles. The number of methoxy groups -OCH3 is 1. The van der Waals surface area contributed by atoms with Gasteiger partial charge in [0.25, 0.3) is 0 Å². The zero-order valence-corrected chi connectivity index (χ0v) is 13.5. The molecule has 7 nitrogen and oxygen atoms in total. The molecule has 126 valence electrons. The summed E-state index contributed by atoms with van der Waals surface area (Å²) in [5.41, 5.74) is 0.248. The third kappa shape index (κ3) is 5.54. The van der Waals surface area contributed by atoms with E-state index in [-0.39, 0.29) is 24.2 Å². The SMILES string of the molecule is COc1ccc(Cl)cc1C(=O)CCC(=O)NC(C(=O)O)C(C)O. The summed E-state index contributed by atoms with van der Waals surface area (Å²) < 4.78 is 5.06. The van der Waals surface area contributed by atoms with E-state index >= 15 is 0 Å². The molecule has 0 radical (unpaired) electrons. The molecule has 0 heterocycles. The number of hydrogen-bond donors (Lipinski definition) is 3. The van der Waals surface area contributed by atoms with Crippen molar-refractivity contribution in [3.63, 3.8) is 0 Å². The Balaban J connectivity index is 2.67. The zero-order valence-electron chi connectivity index (χ0n) is 12.7. The highest BCUT2D eigenvalue weighted by atomic mass is 35.5. The lowest BCUT2D eigenvalue weighted by molar-refractivity contribution is -0.144. The molecule has 1 aromatic rings. The number of Topliss-reactive ketones (excluding diaryl/α,β-unsaturated/α-hetero) is 1. The standard InChI is InChI=1S/C15H18ClNO6/c1-8(18)14(15(21)22)17-13(20)6-4-11(19)10-7-9(16)3-5-12(10)23-2/h3,5,7-8,14,18H,4,6H2,1-2H3,(H,17,20)(H,21,22). The Bertz CT molecular complexity index is 602. The molecular formula is C15H18ClNO6. The molecule has 0 aromatic heterocycles. The number of hydrogen-bond acceptors (Lipinski definition) is 5. The average Bonchev–Trinajstić information content (AvgIpc) is 2.49. The van der Waals surface area contributed by atoms with Crippen molar-refractivity contribution in [2.24, 2.45) is 0 Å². The third-order valence-corrected chi connectivity index (χ3v) is 3.34. The van der Waals surface area contributed by atoms with Gasteiger partial charge in [-0.25, -0.2) is 4.79 Å². The molecule has 8 heteroatoms. The topological polar surface area (TPSA) is 113 Å². The van der Waals surface area contributed by atoms with Crippen LogP contribution in [-0.2, 0) is 9.59 Å². The number of carbonyl (C=O) groups is 3. The van der Waals surface area contributed by atoms with E-state index in [2.05, 4.69) is 5.32 Å². The summed E-state index contributed by atoms with van der Waals surface area (Å²) in [6.45, 7) is 1.25. The van der Waals surface area contributed by atoms with E-state index in [4.69, 9.17) is 21.4 Å². The summed E-state index contributed by atoms with van der Waals surface area (Å²) in [6.07, 6.45) is -1.61. The minimum Gasteiger partial charge on any atom is -0.496 e. The monoisotopic (exact) mass is 343 g/mol. The quantitative estimate of drug-likeness (QED) is 0.612. The first-order valence-corrected chi connectivity index (χ1v) is 7.21. The fourth-order valence-electron chi connectivity index (χ4n) is 1.89. The van der Waals surface area contributed by atoms with Gasteiger partial charge >= 0.3 is 5.97 Å². The Morgan fingerprint density at radius 2 is 1.96 bits per heavy atom. The summed E-state index contributed by atoms with van der Waals surface area (Å²) >= 11 is 5.84. The van der Waals surface area contributed by atoms with E-state index in [0.29, 0.717) is 10.8 Å². The van der Waals surface area contributed by atoms with E-state index in [1.54, 1.807) is 12.1 Å². The van der Waals surface area contributed by atoms with E-state index in [1.807, 2.05) is 0 Å². The van der Waals surface area contributed by atoms with Crippen LogP contribution < -0.4 is 10.1 Å². The maximum Gasteiger partial charge on any atom is 0.328 e. The van der Waals surface area contributed by atoms with Gasteiger partial charge in [-0.15, -0.1) is 0 Å². The van der Waals surface area contributed by atoms with Gasteiger partial charge in [0.1, 0.15) is 5.75 Å². The first-order valence-electron chi connectivity index (χ1n) is 6.83. The normalized spacial score (nSPS) is 13.0. The lowest BCUT2D eigenvalue weighted by Crippen LogP contribution is -2.47. The van der Waals surface area contributed by atoms with Crippen LogP contribution in [0.4, 0.5) is 0 Å². The molecule has 2 unspecified atom stereocenters. The fourth-order valence-corrected chi connectivity index (χ4v) is 2.07. The molecule has 2 atom stereocenters. The second-order valence-corrected chi connectivity index (χ2v) is 5.33. The number of halogens is 1. The second kappa shape index (κ2) is 8.50. The van der Waals surface area contributed by atoms with Crippen molar-refractivity contribution < 1.29 is 29.3 Å². The van der Waals surface area contributed by atoms with Crippen LogP contribution in [0.5, 0.6) is 5.75 Å². The van der Waals surface area contributed by atoms with Crippen molar-refractivity contribution >= 4 is 29.3 Å². The molecule has 0 bridgehead atoms. The van der Waals surface area contributed by atoms with Crippen molar-refractivity contribution in [3.05, 3.63) is 28.8 Å². The average molecular weight is 344 g/mol. The number of benzene rings is 1. The molecule has 1 rings (SSSR count). The molecule has 0 aliphatic rings. The van der Waals surface area contributed by atoms with E-state index < -0.39 is 24.0 Å². The minimum atomic E-state index is -1.42. The second-order valence-electron chi connectivity index (χ2n) is 4.89. The predicted molar refractivity (Wildman–Crippen MR) is 82.8 cm³/mol. The van der Waals surface area contributed by atoms with Gasteiger partial charge in [-0.05, 0) is 25.1 Å². The van der Waals surface area contributed by atoms with Gasteiger partial charge in [0, 0.05) is 17.9 Å². The first-order chi connectivity index (χ1) is 10.8. The van der Waals surface area contributed by atoms with Crippen LogP contribution in [-0.4, -0.2) is 47.1 Å². The third-order valence-electron chi connectivity index (χ3n) is 3.11. The zero-order chi connectivity index (χ0) is 17.6. The van der Waals surface area contributed by atoms with Crippen molar-refractivity contribution in [3.8, 4) is 5.75 Å².